The Morgan fingerprint density at radius 3 is 2.20 bits per heavy atom. The molecule has 1 aromatic rings. The number of carboxylic acid groups (broad SMARTS) is 1. The zero-order chi connectivity index (χ0) is 15.7. The number of nitrogen functional groups attached to an aromatic ring is 1. The number of hydrogen-bond donors (Lipinski definition) is 2. The maximum Gasteiger partial charge on any atom is 0.311 e. The molecule has 0 radical (unpaired) electrons. The molecule has 20 heavy (non-hydrogen) atoms. The summed E-state index contributed by atoms with van der Waals surface area (Å²) in [6.07, 6.45) is 0.781. The number of carbonyl (C=O) groups is 1. The van der Waals surface area contributed by atoms with E-state index in [9.17, 15) is 9.90 Å². The topological polar surface area (TPSA) is 63.3 Å². The van der Waals surface area contributed by atoms with Crippen molar-refractivity contribution in [3.05, 3.63) is 29.3 Å². The highest BCUT2D eigenvalue weighted by molar-refractivity contribution is 5.80. The van der Waals surface area contributed by atoms with Gasteiger partial charge in [0, 0.05) is 5.69 Å². The summed E-state index contributed by atoms with van der Waals surface area (Å²) in [5, 5.41) is 9.66. The van der Waals surface area contributed by atoms with Gasteiger partial charge < -0.3 is 10.8 Å². The number of aliphatic carboxylic acids is 1. The molecule has 1 unspecified atom stereocenters. The number of hydrogen-bond acceptors (Lipinski definition) is 2. The first-order chi connectivity index (χ1) is 9.00. The minimum absolute atomic E-state index is 0.0259. The second-order valence-corrected chi connectivity index (χ2v) is 7.21. The van der Waals surface area contributed by atoms with Gasteiger partial charge in [0.1, 0.15) is 0 Å². The fraction of sp³-hybridized carbons (Fsp3) is 0.588. The van der Waals surface area contributed by atoms with Crippen molar-refractivity contribution >= 4 is 11.7 Å². The molecule has 1 aromatic carbocycles. The van der Waals surface area contributed by atoms with Crippen LogP contribution in [0.2, 0.25) is 0 Å². The Labute approximate surface area is 122 Å². The highest BCUT2D eigenvalue weighted by Crippen LogP contribution is 2.42. The van der Waals surface area contributed by atoms with Crippen LogP contribution in [0, 0.1) is 5.41 Å². The van der Waals surface area contributed by atoms with Crippen LogP contribution < -0.4 is 5.73 Å². The van der Waals surface area contributed by atoms with Crippen LogP contribution in [0.15, 0.2) is 18.2 Å². The van der Waals surface area contributed by atoms with Gasteiger partial charge in [0.2, 0.25) is 0 Å². The Hall–Kier alpha value is -1.51. The number of carboxylic acids is 1. The quantitative estimate of drug-likeness (QED) is 0.812. The summed E-state index contributed by atoms with van der Waals surface area (Å²) >= 11 is 0. The van der Waals surface area contributed by atoms with Crippen molar-refractivity contribution < 1.29 is 9.90 Å². The van der Waals surface area contributed by atoms with Crippen molar-refractivity contribution in [2.24, 2.45) is 5.41 Å². The Morgan fingerprint density at radius 1 is 1.25 bits per heavy atom. The molecule has 0 heterocycles. The van der Waals surface area contributed by atoms with E-state index in [1.165, 1.54) is 0 Å². The molecule has 3 N–H and O–H groups in total. The van der Waals surface area contributed by atoms with Crippen LogP contribution in [0.5, 0.6) is 0 Å². The van der Waals surface area contributed by atoms with E-state index in [2.05, 4.69) is 20.8 Å². The first-order valence-corrected chi connectivity index (χ1v) is 7.13. The molecule has 0 aliphatic heterocycles. The number of nitrogens with two attached hydrogens (primary N) is 1. The molecule has 0 fully saturated rings. The van der Waals surface area contributed by atoms with Crippen molar-refractivity contribution in [2.75, 3.05) is 5.73 Å². The lowest BCUT2D eigenvalue weighted by atomic mass is 9.71. The zero-order valence-electron chi connectivity index (χ0n) is 13.4. The monoisotopic (exact) mass is 277 g/mol. The van der Waals surface area contributed by atoms with Gasteiger partial charge in [-0.05, 0) is 34.4 Å². The summed E-state index contributed by atoms with van der Waals surface area (Å²) in [5.74, 6) is -1.40. The second-order valence-electron chi connectivity index (χ2n) is 7.21. The van der Waals surface area contributed by atoms with E-state index >= 15 is 0 Å². The molecular weight excluding hydrogens is 250 g/mol. The van der Waals surface area contributed by atoms with Gasteiger partial charge in [0.05, 0.1) is 5.92 Å². The molecule has 0 bridgehead atoms. The zero-order valence-corrected chi connectivity index (χ0v) is 13.4. The summed E-state index contributed by atoms with van der Waals surface area (Å²) in [4.78, 5) is 11.8. The fourth-order valence-electron chi connectivity index (χ4n) is 2.38. The molecule has 0 aliphatic rings. The Kier molecular flexibility index (Phi) is 4.52. The molecule has 3 heteroatoms. The molecule has 0 saturated carbocycles. The predicted octanol–water partition coefficient (Wildman–Crippen LogP) is 4.17. The average molecular weight is 277 g/mol. The second kappa shape index (κ2) is 5.47. The minimum atomic E-state index is -0.811. The first-order valence-electron chi connectivity index (χ1n) is 7.13. The standard InChI is InChI=1S/C17H27NO2/c1-7-17(5,6)14(15(19)20)12-10-11(16(2,3)4)8-9-13(12)18/h8-10,14H,7,18H2,1-6H3,(H,19,20). The Bertz CT molecular complexity index is 498. The Morgan fingerprint density at radius 2 is 1.80 bits per heavy atom. The summed E-state index contributed by atoms with van der Waals surface area (Å²) in [6.45, 7) is 12.3. The third kappa shape index (κ3) is 3.33. The number of benzene rings is 1. The van der Waals surface area contributed by atoms with E-state index < -0.39 is 11.9 Å². The van der Waals surface area contributed by atoms with Crippen LogP contribution in [-0.4, -0.2) is 11.1 Å². The summed E-state index contributed by atoms with van der Waals surface area (Å²) in [6, 6.07) is 5.78. The van der Waals surface area contributed by atoms with Gasteiger partial charge in [0.25, 0.3) is 0 Å². The lowest BCUT2D eigenvalue weighted by Gasteiger charge is -2.32. The maximum absolute atomic E-state index is 11.8. The number of rotatable bonds is 4. The molecule has 3 nitrogen and oxygen atoms in total. The largest absolute Gasteiger partial charge is 0.481 e. The molecule has 0 spiro atoms. The molecule has 0 aliphatic carbocycles. The molecule has 112 valence electrons. The molecular formula is C17H27NO2. The van der Waals surface area contributed by atoms with Crippen molar-refractivity contribution in [3.8, 4) is 0 Å². The van der Waals surface area contributed by atoms with Crippen molar-refractivity contribution in [3.63, 3.8) is 0 Å². The van der Waals surface area contributed by atoms with E-state index in [4.69, 9.17) is 5.73 Å². The molecule has 0 amide bonds. The van der Waals surface area contributed by atoms with Crippen LogP contribution in [-0.2, 0) is 10.2 Å². The van der Waals surface area contributed by atoms with Gasteiger partial charge in [-0.1, -0.05) is 53.7 Å². The molecule has 0 aromatic heterocycles. The first kappa shape index (κ1) is 16.5. The van der Waals surface area contributed by atoms with E-state index in [0.717, 1.165) is 17.5 Å². The summed E-state index contributed by atoms with van der Waals surface area (Å²) < 4.78 is 0. The van der Waals surface area contributed by atoms with Gasteiger partial charge in [-0.2, -0.15) is 0 Å². The van der Waals surface area contributed by atoms with Crippen LogP contribution in [0.25, 0.3) is 0 Å². The van der Waals surface area contributed by atoms with E-state index in [0.29, 0.717) is 5.69 Å². The lowest BCUT2D eigenvalue weighted by Crippen LogP contribution is -2.29. The van der Waals surface area contributed by atoms with Gasteiger partial charge in [-0.3, -0.25) is 4.79 Å². The number of anilines is 1. The smallest absolute Gasteiger partial charge is 0.311 e. The van der Waals surface area contributed by atoms with Gasteiger partial charge in [0.15, 0.2) is 0 Å². The lowest BCUT2D eigenvalue weighted by molar-refractivity contribution is -0.141. The minimum Gasteiger partial charge on any atom is -0.481 e. The highest BCUT2D eigenvalue weighted by Gasteiger charge is 2.36. The van der Waals surface area contributed by atoms with Crippen molar-refractivity contribution in [1.29, 1.82) is 0 Å². The Balaban J connectivity index is 3.45. The van der Waals surface area contributed by atoms with Crippen LogP contribution in [0.4, 0.5) is 5.69 Å². The van der Waals surface area contributed by atoms with Crippen molar-refractivity contribution in [1.82, 2.24) is 0 Å². The van der Waals surface area contributed by atoms with E-state index in [-0.39, 0.29) is 10.8 Å². The summed E-state index contributed by atoms with van der Waals surface area (Å²) in [5.41, 5.74) is 8.10. The van der Waals surface area contributed by atoms with Crippen molar-refractivity contribution in [2.45, 2.75) is 59.3 Å². The highest BCUT2D eigenvalue weighted by atomic mass is 16.4. The molecule has 1 atom stereocenters. The predicted molar refractivity (Wildman–Crippen MR) is 84.0 cm³/mol. The third-order valence-corrected chi connectivity index (χ3v) is 4.20. The van der Waals surface area contributed by atoms with Gasteiger partial charge in [-0.15, -0.1) is 0 Å². The molecule has 0 saturated heterocycles. The normalized spacial score (nSPS) is 14.1. The summed E-state index contributed by atoms with van der Waals surface area (Å²) in [7, 11) is 0. The van der Waals surface area contributed by atoms with Crippen LogP contribution in [0.1, 0.15) is 65.0 Å². The SMILES string of the molecule is CCC(C)(C)C(C(=O)O)c1cc(C(C)(C)C)ccc1N. The van der Waals surface area contributed by atoms with E-state index in [1.54, 1.807) is 0 Å². The third-order valence-electron chi connectivity index (χ3n) is 4.20. The van der Waals surface area contributed by atoms with Gasteiger partial charge in [-0.25, -0.2) is 0 Å². The van der Waals surface area contributed by atoms with Gasteiger partial charge >= 0.3 is 5.97 Å². The average Bonchev–Trinajstić information content (AvgIpc) is 2.29. The molecule has 1 rings (SSSR count). The fourth-order valence-corrected chi connectivity index (χ4v) is 2.38. The van der Waals surface area contributed by atoms with Crippen LogP contribution in [0.3, 0.4) is 0 Å². The van der Waals surface area contributed by atoms with E-state index in [1.807, 2.05) is 39.0 Å². The maximum atomic E-state index is 11.8. The van der Waals surface area contributed by atoms with Crippen LogP contribution >= 0.6 is 0 Å².